The van der Waals surface area contributed by atoms with E-state index < -0.39 is 0 Å². The zero-order valence-corrected chi connectivity index (χ0v) is 18.3. The molecule has 1 amide bonds. The monoisotopic (exact) mass is 423 g/mol. The minimum Gasteiger partial charge on any atom is -0.497 e. The summed E-state index contributed by atoms with van der Waals surface area (Å²) in [5.41, 5.74) is 3.78. The summed E-state index contributed by atoms with van der Waals surface area (Å²) in [7, 11) is 1.64. The maximum Gasteiger partial charge on any atom is 0.235 e. The summed E-state index contributed by atoms with van der Waals surface area (Å²) in [4.78, 5) is 12.6. The van der Waals surface area contributed by atoms with Crippen LogP contribution in [0.5, 0.6) is 11.5 Å². The summed E-state index contributed by atoms with van der Waals surface area (Å²) in [5, 5.41) is 7.77. The van der Waals surface area contributed by atoms with E-state index >= 15 is 0 Å². The van der Waals surface area contributed by atoms with E-state index in [-0.39, 0.29) is 17.3 Å². The number of amides is 1. The number of benzene rings is 2. The van der Waals surface area contributed by atoms with Crippen LogP contribution in [-0.2, 0) is 4.79 Å². The van der Waals surface area contributed by atoms with Gasteiger partial charge in [-0.05, 0) is 51.1 Å². The predicted molar refractivity (Wildman–Crippen MR) is 120 cm³/mol. The molecular formula is C23H25N3O3S. The second-order valence-electron chi connectivity index (χ2n) is 7.40. The van der Waals surface area contributed by atoms with Crippen LogP contribution >= 0.6 is 11.8 Å². The molecule has 1 N–H and O–H groups in total. The number of rotatable bonds is 5. The number of aromatic nitrogens is 2. The van der Waals surface area contributed by atoms with Crippen LogP contribution in [0.2, 0.25) is 0 Å². The number of aryl methyl sites for hydroxylation is 1. The Morgan fingerprint density at radius 1 is 1.17 bits per heavy atom. The van der Waals surface area contributed by atoms with Gasteiger partial charge in [-0.3, -0.25) is 4.79 Å². The summed E-state index contributed by atoms with van der Waals surface area (Å²) < 4.78 is 13.1. The van der Waals surface area contributed by atoms with Crippen molar-refractivity contribution in [1.82, 2.24) is 9.78 Å². The molecule has 7 heteroatoms. The van der Waals surface area contributed by atoms with Crippen molar-refractivity contribution >= 4 is 23.5 Å². The van der Waals surface area contributed by atoms with Crippen LogP contribution in [0.25, 0.3) is 5.69 Å². The first kappa shape index (κ1) is 20.3. The summed E-state index contributed by atoms with van der Waals surface area (Å²) in [5.74, 6) is 2.63. The number of nitrogens with one attached hydrogen (secondary N) is 1. The zero-order valence-electron chi connectivity index (χ0n) is 17.5. The van der Waals surface area contributed by atoms with E-state index in [1.54, 1.807) is 23.6 Å². The van der Waals surface area contributed by atoms with E-state index in [4.69, 9.17) is 14.6 Å². The minimum absolute atomic E-state index is 0.0410. The molecule has 0 aliphatic carbocycles. The first-order valence-electron chi connectivity index (χ1n) is 9.89. The summed E-state index contributed by atoms with van der Waals surface area (Å²) in [6, 6.07) is 15.7. The van der Waals surface area contributed by atoms with E-state index in [1.165, 1.54) is 0 Å². The average Bonchev–Trinajstić information content (AvgIpc) is 2.94. The fourth-order valence-electron chi connectivity index (χ4n) is 3.60. The third-order valence-corrected chi connectivity index (χ3v) is 6.14. The highest BCUT2D eigenvalue weighted by Gasteiger charge is 2.32. The molecule has 2 heterocycles. The SMILES string of the molecule is COc1ccc(-n2nc(C)c3c2NC(=O)CS[C@H]3c2ccccc2OC(C)C)cc1. The molecule has 0 fully saturated rings. The molecule has 1 aromatic heterocycles. The Morgan fingerprint density at radius 2 is 1.90 bits per heavy atom. The molecular weight excluding hydrogens is 398 g/mol. The number of thioether (sulfide) groups is 1. The second-order valence-corrected chi connectivity index (χ2v) is 8.49. The summed E-state index contributed by atoms with van der Waals surface area (Å²) >= 11 is 1.59. The molecule has 4 rings (SSSR count). The van der Waals surface area contributed by atoms with Crippen LogP contribution in [0, 0.1) is 6.92 Å². The third kappa shape index (κ3) is 3.89. The van der Waals surface area contributed by atoms with E-state index in [0.29, 0.717) is 11.6 Å². The summed E-state index contributed by atoms with van der Waals surface area (Å²) in [6.07, 6.45) is 0.0595. The van der Waals surface area contributed by atoms with Crippen molar-refractivity contribution in [3.63, 3.8) is 0 Å². The lowest BCUT2D eigenvalue weighted by Crippen LogP contribution is -2.15. The predicted octanol–water partition coefficient (Wildman–Crippen LogP) is 4.75. The van der Waals surface area contributed by atoms with Gasteiger partial charge >= 0.3 is 0 Å². The topological polar surface area (TPSA) is 65.4 Å². The highest BCUT2D eigenvalue weighted by atomic mass is 32.2. The molecule has 1 atom stereocenters. The van der Waals surface area contributed by atoms with Crippen LogP contribution in [0.4, 0.5) is 5.82 Å². The Morgan fingerprint density at radius 3 is 2.60 bits per heavy atom. The number of para-hydroxylation sites is 1. The van der Waals surface area contributed by atoms with Crippen LogP contribution in [-0.4, -0.2) is 34.7 Å². The standard InChI is InChI=1S/C23H25N3O3S/c1-14(2)29-19-8-6-5-7-18(19)22-21-15(3)25-26(23(21)24-20(27)13-30-22)16-9-11-17(28-4)12-10-16/h5-12,14,22H,13H2,1-4H3,(H,24,27)/t22-/m0/s1. The molecule has 0 unspecified atom stereocenters. The second kappa shape index (κ2) is 8.44. The molecule has 2 aromatic carbocycles. The van der Waals surface area contributed by atoms with Gasteiger partial charge in [0.25, 0.3) is 0 Å². The van der Waals surface area contributed by atoms with Gasteiger partial charge in [0.2, 0.25) is 5.91 Å². The number of carbonyl (C=O) groups excluding carboxylic acids is 1. The molecule has 6 nitrogen and oxygen atoms in total. The average molecular weight is 424 g/mol. The van der Waals surface area contributed by atoms with E-state index in [2.05, 4.69) is 11.4 Å². The number of fused-ring (bicyclic) bond motifs is 1. The molecule has 0 saturated heterocycles. The lowest BCUT2D eigenvalue weighted by Gasteiger charge is -2.20. The maximum atomic E-state index is 12.6. The highest BCUT2D eigenvalue weighted by Crippen LogP contribution is 2.46. The van der Waals surface area contributed by atoms with Crippen LogP contribution in [0.15, 0.2) is 48.5 Å². The van der Waals surface area contributed by atoms with Gasteiger partial charge < -0.3 is 14.8 Å². The largest absolute Gasteiger partial charge is 0.497 e. The number of hydrogen-bond acceptors (Lipinski definition) is 5. The molecule has 30 heavy (non-hydrogen) atoms. The maximum absolute atomic E-state index is 12.6. The molecule has 0 radical (unpaired) electrons. The van der Waals surface area contributed by atoms with Crippen molar-refractivity contribution in [2.75, 3.05) is 18.2 Å². The van der Waals surface area contributed by atoms with Crippen LogP contribution in [0.3, 0.4) is 0 Å². The number of ether oxygens (including phenoxy) is 2. The van der Waals surface area contributed by atoms with Crippen molar-refractivity contribution in [1.29, 1.82) is 0 Å². The number of hydrogen-bond donors (Lipinski definition) is 1. The Hall–Kier alpha value is -2.93. The first-order valence-corrected chi connectivity index (χ1v) is 10.9. The number of anilines is 1. The van der Waals surface area contributed by atoms with Crippen LogP contribution < -0.4 is 14.8 Å². The van der Waals surface area contributed by atoms with Gasteiger partial charge in [0.05, 0.1) is 35.6 Å². The number of nitrogens with zero attached hydrogens (tertiary/aromatic N) is 2. The van der Waals surface area contributed by atoms with Crippen molar-refractivity contribution in [2.45, 2.75) is 32.1 Å². The van der Waals surface area contributed by atoms with Crippen molar-refractivity contribution in [2.24, 2.45) is 0 Å². The Kier molecular flexibility index (Phi) is 5.72. The number of carbonyl (C=O) groups is 1. The lowest BCUT2D eigenvalue weighted by atomic mass is 10.0. The van der Waals surface area contributed by atoms with E-state index in [0.717, 1.165) is 34.0 Å². The van der Waals surface area contributed by atoms with E-state index in [9.17, 15) is 4.79 Å². The van der Waals surface area contributed by atoms with Crippen molar-refractivity contribution in [3.05, 3.63) is 65.4 Å². The smallest absolute Gasteiger partial charge is 0.235 e. The van der Waals surface area contributed by atoms with Gasteiger partial charge in [-0.2, -0.15) is 5.10 Å². The molecule has 0 spiro atoms. The van der Waals surface area contributed by atoms with Gasteiger partial charge in [0, 0.05) is 11.1 Å². The number of methoxy groups -OCH3 is 1. The molecule has 0 bridgehead atoms. The fraction of sp³-hybridized carbons (Fsp3) is 0.304. The van der Waals surface area contributed by atoms with Gasteiger partial charge in [-0.15, -0.1) is 11.8 Å². The molecule has 0 saturated carbocycles. The third-order valence-electron chi connectivity index (χ3n) is 4.89. The molecule has 1 aliphatic rings. The molecule has 156 valence electrons. The van der Waals surface area contributed by atoms with Gasteiger partial charge in [0.1, 0.15) is 17.3 Å². The highest BCUT2D eigenvalue weighted by molar-refractivity contribution is 8.00. The Labute approximate surface area is 180 Å². The first-order chi connectivity index (χ1) is 14.5. The van der Waals surface area contributed by atoms with Gasteiger partial charge in [-0.25, -0.2) is 4.68 Å². The Bertz CT molecular complexity index is 1060. The quantitative estimate of drug-likeness (QED) is 0.641. The van der Waals surface area contributed by atoms with E-state index in [1.807, 2.05) is 63.2 Å². The van der Waals surface area contributed by atoms with Crippen molar-refractivity contribution < 1.29 is 14.3 Å². The van der Waals surface area contributed by atoms with Crippen molar-refractivity contribution in [3.8, 4) is 17.2 Å². The Balaban J connectivity index is 1.85. The minimum atomic E-state index is -0.0686. The molecule has 1 aliphatic heterocycles. The molecule has 3 aromatic rings. The van der Waals surface area contributed by atoms with Gasteiger partial charge in [-0.1, -0.05) is 18.2 Å². The van der Waals surface area contributed by atoms with Gasteiger partial charge in [0.15, 0.2) is 0 Å². The van der Waals surface area contributed by atoms with Crippen LogP contribution in [0.1, 0.15) is 35.9 Å². The fourth-order valence-corrected chi connectivity index (χ4v) is 4.81. The summed E-state index contributed by atoms with van der Waals surface area (Å²) in [6.45, 7) is 6.01. The zero-order chi connectivity index (χ0) is 21.3. The lowest BCUT2D eigenvalue weighted by molar-refractivity contribution is -0.113. The normalized spacial score (nSPS) is 16.0.